The minimum absolute atomic E-state index is 0.0251. The molecule has 0 amide bonds. The quantitative estimate of drug-likeness (QED) is 0.428. The van der Waals surface area contributed by atoms with Crippen LogP contribution in [-0.4, -0.2) is 50.6 Å². The van der Waals surface area contributed by atoms with Gasteiger partial charge < -0.3 is 19.9 Å². The first-order valence-corrected chi connectivity index (χ1v) is 6.27. The van der Waals surface area contributed by atoms with Crippen molar-refractivity contribution in [3.05, 3.63) is 0 Å². The molecule has 2 N–H and O–H groups in total. The highest BCUT2D eigenvalue weighted by Crippen LogP contribution is 2.47. The molecule has 0 radical (unpaired) electrons. The zero-order chi connectivity index (χ0) is 12.6. The van der Waals surface area contributed by atoms with Gasteiger partial charge in [-0.05, 0) is 31.6 Å². The molecule has 0 unspecified atom stereocenters. The molecule has 0 aromatic carbocycles. The van der Waals surface area contributed by atoms with Crippen LogP contribution in [0.4, 0.5) is 0 Å². The van der Waals surface area contributed by atoms with E-state index in [1.165, 1.54) is 12.8 Å². The molecule has 0 aromatic rings. The van der Waals surface area contributed by atoms with Crippen molar-refractivity contribution in [2.45, 2.75) is 26.2 Å². The van der Waals surface area contributed by atoms with E-state index in [1.54, 1.807) is 6.92 Å². The molecule has 0 spiro atoms. The number of carbonyl (C=O) groups excluding carboxylic acids is 1. The number of aliphatic hydroxyl groups excluding tert-OH is 1. The molecule has 1 rings (SSSR count). The summed E-state index contributed by atoms with van der Waals surface area (Å²) in [6, 6.07) is 0. The van der Waals surface area contributed by atoms with Gasteiger partial charge in [0.25, 0.3) is 0 Å². The van der Waals surface area contributed by atoms with Gasteiger partial charge in [-0.25, -0.2) is 4.79 Å². The fourth-order valence-corrected chi connectivity index (χ4v) is 1.79. The van der Waals surface area contributed by atoms with Crippen molar-refractivity contribution in [2.75, 3.05) is 39.5 Å². The second-order valence-corrected chi connectivity index (χ2v) is 4.51. The molecule has 5 nitrogen and oxygen atoms in total. The van der Waals surface area contributed by atoms with E-state index in [0.29, 0.717) is 18.6 Å². The lowest BCUT2D eigenvalue weighted by Crippen LogP contribution is -2.28. The third-order valence-corrected chi connectivity index (χ3v) is 3.05. The van der Waals surface area contributed by atoms with Crippen LogP contribution in [0.2, 0.25) is 0 Å². The highest BCUT2D eigenvalue weighted by molar-refractivity contribution is 5.70. The molecule has 100 valence electrons. The molecule has 0 aliphatic heterocycles. The van der Waals surface area contributed by atoms with Crippen LogP contribution in [0.15, 0.2) is 0 Å². The number of rotatable bonds is 10. The van der Waals surface area contributed by atoms with Crippen molar-refractivity contribution in [3.63, 3.8) is 0 Å². The summed E-state index contributed by atoms with van der Waals surface area (Å²) in [7, 11) is 0. The summed E-state index contributed by atoms with van der Waals surface area (Å²) in [6.07, 6.45) is 3.28. The molecule has 0 aromatic heterocycles. The summed E-state index contributed by atoms with van der Waals surface area (Å²) < 4.78 is 9.89. The maximum absolute atomic E-state index is 10.9. The molecule has 0 bridgehead atoms. The minimum atomic E-state index is -0.313. The second-order valence-electron chi connectivity index (χ2n) is 4.51. The summed E-state index contributed by atoms with van der Waals surface area (Å²) >= 11 is 0. The maximum atomic E-state index is 10.9. The SMILES string of the molecule is CCOC(=O)COCCNCC1(CCO)CC1. The molecule has 1 fully saturated rings. The van der Waals surface area contributed by atoms with Crippen molar-refractivity contribution < 1.29 is 19.4 Å². The van der Waals surface area contributed by atoms with E-state index in [-0.39, 0.29) is 19.2 Å². The van der Waals surface area contributed by atoms with E-state index >= 15 is 0 Å². The first-order chi connectivity index (χ1) is 8.22. The highest BCUT2D eigenvalue weighted by Gasteiger charge is 2.41. The Morgan fingerprint density at radius 3 is 2.82 bits per heavy atom. The molecule has 0 saturated heterocycles. The van der Waals surface area contributed by atoms with Crippen LogP contribution < -0.4 is 5.32 Å². The highest BCUT2D eigenvalue weighted by atomic mass is 16.6. The predicted octanol–water partition coefficient (Wildman–Crippen LogP) is 0.318. The van der Waals surface area contributed by atoms with Gasteiger partial charge >= 0.3 is 5.97 Å². The van der Waals surface area contributed by atoms with Gasteiger partial charge in [-0.1, -0.05) is 0 Å². The summed E-state index contributed by atoms with van der Waals surface area (Å²) in [6.45, 7) is 4.62. The number of carbonyl (C=O) groups is 1. The van der Waals surface area contributed by atoms with E-state index in [9.17, 15) is 4.79 Å². The molecular weight excluding hydrogens is 222 g/mol. The van der Waals surface area contributed by atoms with Gasteiger partial charge in [0.1, 0.15) is 6.61 Å². The van der Waals surface area contributed by atoms with Crippen molar-refractivity contribution in [1.82, 2.24) is 5.32 Å². The van der Waals surface area contributed by atoms with Crippen LogP contribution >= 0.6 is 0 Å². The van der Waals surface area contributed by atoms with Crippen LogP contribution in [-0.2, 0) is 14.3 Å². The zero-order valence-electron chi connectivity index (χ0n) is 10.5. The molecule has 1 saturated carbocycles. The fourth-order valence-electron chi connectivity index (χ4n) is 1.79. The van der Waals surface area contributed by atoms with E-state index in [4.69, 9.17) is 14.6 Å². The van der Waals surface area contributed by atoms with E-state index in [0.717, 1.165) is 19.5 Å². The first kappa shape index (κ1) is 14.4. The van der Waals surface area contributed by atoms with Crippen LogP contribution in [0.1, 0.15) is 26.2 Å². The number of hydrogen-bond acceptors (Lipinski definition) is 5. The van der Waals surface area contributed by atoms with Gasteiger partial charge in [-0.15, -0.1) is 0 Å². The lowest BCUT2D eigenvalue weighted by atomic mass is 10.0. The predicted molar refractivity (Wildman–Crippen MR) is 63.7 cm³/mol. The lowest BCUT2D eigenvalue weighted by molar-refractivity contribution is -0.148. The fraction of sp³-hybridized carbons (Fsp3) is 0.917. The number of aliphatic hydroxyl groups is 1. The van der Waals surface area contributed by atoms with Gasteiger partial charge in [0.15, 0.2) is 0 Å². The molecular formula is C12H23NO4. The molecule has 1 aliphatic rings. The van der Waals surface area contributed by atoms with Crippen molar-refractivity contribution >= 4 is 5.97 Å². The van der Waals surface area contributed by atoms with Gasteiger partial charge in [0.2, 0.25) is 0 Å². The standard InChI is InChI=1S/C12H23NO4/c1-2-17-11(15)9-16-8-6-13-10-12(3-4-12)5-7-14/h13-14H,2-10H2,1H3. The third-order valence-electron chi connectivity index (χ3n) is 3.05. The summed E-state index contributed by atoms with van der Waals surface area (Å²) in [5.41, 5.74) is 0.329. The molecule has 1 aliphatic carbocycles. The van der Waals surface area contributed by atoms with Crippen molar-refractivity contribution in [2.24, 2.45) is 5.41 Å². The van der Waals surface area contributed by atoms with E-state index in [2.05, 4.69) is 5.32 Å². The Bertz CT molecular complexity index is 229. The van der Waals surface area contributed by atoms with Crippen LogP contribution in [0.3, 0.4) is 0 Å². The van der Waals surface area contributed by atoms with E-state index in [1.807, 2.05) is 0 Å². The molecule has 17 heavy (non-hydrogen) atoms. The van der Waals surface area contributed by atoms with Crippen molar-refractivity contribution in [3.8, 4) is 0 Å². The summed E-state index contributed by atoms with van der Waals surface area (Å²) in [5.74, 6) is -0.313. The topological polar surface area (TPSA) is 67.8 Å². The zero-order valence-corrected chi connectivity index (χ0v) is 10.5. The lowest BCUT2D eigenvalue weighted by Gasteiger charge is -2.14. The van der Waals surface area contributed by atoms with Gasteiger partial charge in [0.05, 0.1) is 13.2 Å². The smallest absolute Gasteiger partial charge is 0.332 e. The average molecular weight is 245 g/mol. The Labute approximate surface area is 102 Å². The van der Waals surface area contributed by atoms with Gasteiger partial charge in [-0.3, -0.25) is 0 Å². The number of nitrogens with one attached hydrogen (secondary N) is 1. The molecule has 0 atom stereocenters. The second kappa shape index (κ2) is 7.63. The Kier molecular flexibility index (Phi) is 6.47. The number of esters is 1. The summed E-state index contributed by atoms with van der Waals surface area (Å²) in [4.78, 5) is 10.9. The van der Waals surface area contributed by atoms with Crippen LogP contribution in [0.5, 0.6) is 0 Å². The summed E-state index contributed by atoms with van der Waals surface area (Å²) in [5, 5.41) is 12.2. The first-order valence-electron chi connectivity index (χ1n) is 6.27. The van der Waals surface area contributed by atoms with Crippen molar-refractivity contribution in [1.29, 1.82) is 0 Å². The maximum Gasteiger partial charge on any atom is 0.332 e. The Morgan fingerprint density at radius 1 is 1.47 bits per heavy atom. The Balaban J connectivity index is 1.89. The van der Waals surface area contributed by atoms with Gasteiger partial charge in [0, 0.05) is 19.7 Å². The van der Waals surface area contributed by atoms with Gasteiger partial charge in [-0.2, -0.15) is 0 Å². The number of ether oxygens (including phenoxy) is 2. The molecule has 0 heterocycles. The average Bonchev–Trinajstić information content (AvgIpc) is 3.04. The largest absolute Gasteiger partial charge is 0.464 e. The Morgan fingerprint density at radius 2 is 2.24 bits per heavy atom. The minimum Gasteiger partial charge on any atom is -0.464 e. The normalized spacial score (nSPS) is 16.8. The van der Waals surface area contributed by atoms with Crippen LogP contribution in [0.25, 0.3) is 0 Å². The third kappa shape index (κ3) is 6.00. The monoisotopic (exact) mass is 245 g/mol. The number of hydrogen-bond donors (Lipinski definition) is 2. The van der Waals surface area contributed by atoms with E-state index < -0.39 is 0 Å². The Hall–Kier alpha value is -0.650. The van der Waals surface area contributed by atoms with Crippen LogP contribution in [0, 0.1) is 5.41 Å². The molecule has 5 heteroatoms.